The van der Waals surface area contributed by atoms with Crippen LogP contribution in [0.2, 0.25) is 0 Å². The van der Waals surface area contributed by atoms with Crippen molar-refractivity contribution < 1.29 is 9.21 Å². The molecule has 0 aliphatic carbocycles. The van der Waals surface area contributed by atoms with Crippen LogP contribution in [0.15, 0.2) is 34.2 Å². The average Bonchev–Trinajstić information content (AvgIpc) is 3.04. The van der Waals surface area contributed by atoms with E-state index in [9.17, 15) is 4.79 Å². The van der Waals surface area contributed by atoms with Crippen molar-refractivity contribution in [1.29, 1.82) is 0 Å². The second kappa shape index (κ2) is 7.12. The molecule has 1 fully saturated rings. The zero-order chi connectivity index (χ0) is 16.2. The second-order valence-electron chi connectivity index (χ2n) is 5.88. The van der Waals surface area contributed by atoms with Crippen LogP contribution in [0.25, 0.3) is 11.5 Å². The van der Waals surface area contributed by atoms with Crippen molar-refractivity contribution in [3.63, 3.8) is 0 Å². The molecule has 1 atom stereocenters. The number of rotatable bonds is 4. The van der Waals surface area contributed by atoms with Gasteiger partial charge in [-0.1, -0.05) is 18.7 Å². The number of hydrogen-bond acceptors (Lipinski definition) is 6. The lowest BCUT2D eigenvalue weighted by Crippen LogP contribution is -2.41. The van der Waals surface area contributed by atoms with Gasteiger partial charge >= 0.3 is 0 Å². The van der Waals surface area contributed by atoms with E-state index in [1.807, 2.05) is 24.0 Å². The summed E-state index contributed by atoms with van der Waals surface area (Å²) in [6.07, 6.45) is 5.51. The molecule has 7 heteroatoms. The molecule has 1 amide bonds. The first kappa shape index (κ1) is 16.0. The van der Waals surface area contributed by atoms with E-state index in [4.69, 9.17) is 4.42 Å². The van der Waals surface area contributed by atoms with Crippen LogP contribution in [0, 0.1) is 5.92 Å². The Labute approximate surface area is 139 Å². The topological polar surface area (TPSA) is 72.1 Å². The number of pyridine rings is 1. The number of nitrogens with zero attached hydrogens (tertiary/aromatic N) is 4. The summed E-state index contributed by atoms with van der Waals surface area (Å²) in [7, 11) is 0. The van der Waals surface area contributed by atoms with Gasteiger partial charge in [-0.15, -0.1) is 10.2 Å². The lowest BCUT2D eigenvalue weighted by Gasteiger charge is -2.31. The molecule has 3 rings (SSSR count). The Bertz CT molecular complexity index is 653. The van der Waals surface area contributed by atoms with Crippen LogP contribution in [0.1, 0.15) is 26.7 Å². The molecular formula is C16H20N4O2S. The number of amides is 1. The monoisotopic (exact) mass is 332 g/mol. The molecular weight excluding hydrogens is 312 g/mol. The van der Waals surface area contributed by atoms with Gasteiger partial charge in [-0.2, -0.15) is 0 Å². The van der Waals surface area contributed by atoms with Crippen molar-refractivity contribution in [2.75, 3.05) is 13.1 Å². The quantitative estimate of drug-likeness (QED) is 0.802. The van der Waals surface area contributed by atoms with Crippen LogP contribution in [-0.4, -0.2) is 44.3 Å². The summed E-state index contributed by atoms with van der Waals surface area (Å²) in [5, 5.41) is 8.25. The third-order valence-electron chi connectivity index (χ3n) is 4.05. The van der Waals surface area contributed by atoms with Crippen molar-refractivity contribution in [2.24, 2.45) is 5.92 Å². The minimum Gasteiger partial charge on any atom is -0.411 e. The third-order valence-corrected chi connectivity index (χ3v) is 4.98. The summed E-state index contributed by atoms with van der Waals surface area (Å²) < 4.78 is 5.64. The van der Waals surface area contributed by atoms with Gasteiger partial charge in [-0.25, -0.2) is 0 Å². The molecule has 122 valence electrons. The summed E-state index contributed by atoms with van der Waals surface area (Å²) >= 11 is 1.31. The molecule has 23 heavy (non-hydrogen) atoms. The summed E-state index contributed by atoms with van der Waals surface area (Å²) in [5.41, 5.74) is 0.823. The summed E-state index contributed by atoms with van der Waals surface area (Å²) in [6.45, 7) is 5.81. The van der Waals surface area contributed by atoms with Crippen LogP contribution >= 0.6 is 11.8 Å². The zero-order valence-corrected chi connectivity index (χ0v) is 14.1. The van der Waals surface area contributed by atoms with Gasteiger partial charge < -0.3 is 9.32 Å². The van der Waals surface area contributed by atoms with E-state index < -0.39 is 0 Å². The van der Waals surface area contributed by atoms with Gasteiger partial charge in [-0.05, 0) is 37.8 Å². The minimum atomic E-state index is -0.228. The van der Waals surface area contributed by atoms with E-state index in [0.717, 1.165) is 31.5 Å². The number of carbonyl (C=O) groups is 1. The van der Waals surface area contributed by atoms with E-state index in [2.05, 4.69) is 22.1 Å². The van der Waals surface area contributed by atoms with Crippen LogP contribution in [0.3, 0.4) is 0 Å². The highest BCUT2D eigenvalue weighted by atomic mass is 32.2. The number of carbonyl (C=O) groups excluding carboxylic acids is 1. The van der Waals surface area contributed by atoms with Gasteiger partial charge in [0.15, 0.2) is 0 Å². The van der Waals surface area contributed by atoms with Crippen molar-refractivity contribution in [3.05, 3.63) is 24.5 Å². The first-order chi connectivity index (χ1) is 11.1. The molecule has 0 radical (unpaired) electrons. The van der Waals surface area contributed by atoms with E-state index in [1.165, 1.54) is 11.8 Å². The van der Waals surface area contributed by atoms with Crippen LogP contribution in [0.5, 0.6) is 0 Å². The van der Waals surface area contributed by atoms with Crippen molar-refractivity contribution in [3.8, 4) is 11.5 Å². The van der Waals surface area contributed by atoms with E-state index >= 15 is 0 Å². The lowest BCUT2D eigenvalue weighted by molar-refractivity contribution is -0.131. The fourth-order valence-electron chi connectivity index (χ4n) is 2.56. The number of likely N-dealkylation sites (tertiary alicyclic amines) is 1. The Kier molecular flexibility index (Phi) is 4.95. The van der Waals surface area contributed by atoms with Gasteiger partial charge in [0, 0.05) is 31.0 Å². The zero-order valence-electron chi connectivity index (χ0n) is 13.3. The molecule has 2 aromatic heterocycles. The highest BCUT2D eigenvalue weighted by Crippen LogP contribution is 2.27. The van der Waals surface area contributed by atoms with E-state index in [-0.39, 0.29) is 11.2 Å². The summed E-state index contributed by atoms with van der Waals surface area (Å²) in [5.74, 6) is 1.30. The largest absolute Gasteiger partial charge is 0.411 e. The van der Waals surface area contributed by atoms with Crippen LogP contribution in [-0.2, 0) is 4.79 Å². The van der Waals surface area contributed by atoms with Crippen molar-refractivity contribution in [2.45, 2.75) is 37.2 Å². The van der Waals surface area contributed by atoms with Gasteiger partial charge in [0.1, 0.15) is 0 Å². The van der Waals surface area contributed by atoms with Gasteiger partial charge in [0.05, 0.1) is 5.25 Å². The average molecular weight is 332 g/mol. The van der Waals surface area contributed by atoms with E-state index in [1.54, 1.807) is 12.4 Å². The summed E-state index contributed by atoms with van der Waals surface area (Å²) in [6, 6.07) is 3.62. The SMILES string of the molecule is CC1CCN(C(=O)C(C)Sc2nnc(-c3ccncc3)o2)CC1. The highest BCUT2D eigenvalue weighted by molar-refractivity contribution is 8.00. The molecule has 0 aromatic carbocycles. The first-order valence-electron chi connectivity index (χ1n) is 7.83. The van der Waals surface area contributed by atoms with Crippen molar-refractivity contribution >= 4 is 17.7 Å². The maximum atomic E-state index is 12.5. The van der Waals surface area contributed by atoms with Gasteiger partial charge in [-0.3, -0.25) is 9.78 Å². The predicted molar refractivity (Wildman–Crippen MR) is 87.8 cm³/mol. The smallest absolute Gasteiger partial charge is 0.277 e. The van der Waals surface area contributed by atoms with Gasteiger partial charge in [0.25, 0.3) is 5.22 Å². The maximum absolute atomic E-state index is 12.5. The molecule has 1 aliphatic heterocycles. The molecule has 0 bridgehead atoms. The fourth-order valence-corrected chi connectivity index (χ4v) is 3.32. The Hall–Kier alpha value is -1.89. The molecule has 1 saturated heterocycles. The molecule has 0 spiro atoms. The highest BCUT2D eigenvalue weighted by Gasteiger charge is 2.26. The number of piperidine rings is 1. The lowest BCUT2D eigenvalue weighted by atomic mass is 9.99. The molecule has 1 aliphatic rings. The molecule has 2 aromatic rings. The predicted octanol–water partition coefficient (Wildman–Crippen LogP) is 2.87. The Morgan fingerprint density at radius 2 is 2.00 bits per heavy atom. The summed E-state index contributed by atoms with van der Waals surface area (Å²) in [4.78, 5) is 18.4. The van der Waals surface area contributed by atoms with Crippen LogP contribution < -0.4 is 0 Å². The second-order valence-corrected chi connectivity index (χ2v) is 7.17. The molecule has 0 N–H and O–H groups in total. The maximum Gasteiger partial charge on any atom is 0.277 e. The first-order valence-corrected chi connectivity index (χ1v) is 8.71. The van der Waals surface area contributed by atoms with Crippen LogP contribution in [0.4, 0.5) is 0 Å². The van der Waals surface area contributed by atoms with E-state index in [0.29, 0.717) is 17.0 Å². The Balaban J connectivity index is 1.61. The Morgan fingerprint density at radius 3 is 2.70 bits per heavy atom. The Morgan fingerprint density at radius 1 is 1.30 bits per heavy atom. The fraction of sp³-hybridized carbons (Fsp3) is 0.500. The van der Waals surface area contributed by atoms with Crippen molar-refractivity contribution in [1.82, 2.24) is 20.1 Å². The molecule has 3 heterocycles. The number of hydrogen-bond donors (Lipinski definition) is 0. The molecule has 1 unspecified atom stereocenters. The molecule has 6 nitrogen and oxygen atoms in total. The molecule has 0 saturated carbocycles. The minimum absolute atomic E-state index is 0.144. The number of aromatic nitrogens is 3. The standard InChI is InChI=1S/C16H20N4O2S/c1-11-5-9-20(10-6-11)15(21)12(2)23-16-19-18-14(22-16)13-3-7-17-8-4-13/h3-4,7-8,11-12H,5-6,9-10H2,1-2H3. The normalized spacial score (nSPS) is 17.2. The number of thioether (sulfide) groups is 1. The third kappa shape index (κ3) is 3.90. The van der Waals surface area contributed by atoms with Gasteiger partial charge in [0.2, 0.25) is 11.8 Å².